The van der Waals surface area contributed by atoms with Crippen molar-refractivity contribution in [2.75, 3.05) is 14.2 Å². The summed E-state index contributed by atoms with van der Waals surface area (Å²) in [5, 5.41) is 9.35. The van der Waals surface area contributed by atoms with Crippen LogP contribution in [0.1, 0.15) is 25.3 Å². The first kappa shape index (κ1) is 15.4. The lowest BCUT2D eigenvalue weighted by Crippen LogP contribution is -1.97. The van der Waals surface area contributed by atoms with Crippen LogP contribution >= 0.6 is 11.6 Å². The van der Waals surface area contributed by atoms with Crippen molar-refractivity contribution in [3.63, 3.8) is 0 Å². The molecule has 0 radical (unpaired) electrons. The molecule has 1 N–H and O–H groups in total. The monoisotopic (exact) mass is 284 g/mol. The maximum absolute atomic E-state index is 10.9. The zero-order chi connectivity index (χ0) is 14.4. The molecule has 0 fully saturated rings. The second-order valence-electron chi connectivity index (χ2n) is 3.94. The second kappa shape index (κ2) is 7.04. The lowest BCUT2D eigenvalue weighted by molar-refractivity contribution is -0.131. The molecule has 0 heterocycles. The molecule has 5 heteroatoms. The average Bonchev–Trinajstić information content (AvgIpc) is 2.37. The van der Waals surface area contributed by atoms with E-state index in [2.05, 4.69) is 0 Å². The summed E-state index contributed by atoms with van der Waals surface area (Å²) < 4.78 is 10.4. The molecule has 0 atom stereocenters. The molecule has 0 saturated carbocycles. The number of carboxylic acid groups (broad SMARTS) is 1. The molecule has 104 valence electrons. The van der Waals surface area contributed by atoms with Crippen LogP contribution in [0.15, 0.2) is 18.2 Å². The van der Waals surface area contributed by atoms with Crippen LogP contribution in [0.25, 0.3) is 5.57 Å². The average molecular weight is 285 g/mol. The van der Waals surface area contributed by atoms with Gasteiger partial charge in [0.05, 0.1) is 19.2 Å². The fraction of sp³-hybridized carbons (Fsp3) is 0.357. The van der Waals surface area contributed by atoms with Gasteiger partial charge >= 0.3 is 5.97 Å². The van der Waals surface area contributed by atoms with Crippen molar-refractivity contribution in [1.29, 1.82) is 0 Å². The molecule has 0 aliphatic heterocycles. The number of methoxy groups -OCH3 is 2. The van der Waals surface area contributed by atoms with Crippen molar-refractivity contribution < 1.29 is 19.4 Å². The molecular weight excluding hydrogens is 268 g/mol. The van der Waals surface area contributed by atoms with Crippen LogP contribution in [-0.4, -0.2) is 25.3 Å². The van der Waals surface area contributed by atoms with Crippen molar-refractivity contribution in [2.24, 2.45) is 0 Å². The number of halogens is 1. The van der Waals surface area contributed by atoms with Gasteiger partial charge in [0.1, 0.15) is 11.5 Å². The Balaban J connectivity index is 3.37. The van der Waals surface area contributed by atoms with E-state index < -0.39 is 5.97 Å². The minimum absolute atomic E-state index is 0.422. The Morgan fingerprint density at radius 2 is 1.95 bits per heavy atom. The lowest BCUT2D eigenvalue weighted by atomic mass is 9.99. The first-order valence-corrected chi connectivity index (χ1v) is 6.26. The van der Waals surface area contributed by atoms with Crippen LogP contribution in [-0.2, 0) is 4.79 Å². The molecule has 0 spiro atoms. The van der Waals surface area contributed by atoms with Gasteiger partial charge in [-0.1, -0.05) is 24.9 Å². The van der Waals surface area contributed by atoms with Crippen molar-refractivity contribution >= 4 is 23.1 Å². The van der Waals surface area contributed by atoms with Crippen LogP contribution in [0.2, 0.25) is 5.02 Å². The van der Waals surface area contributed by atoms with Gasteiger partial charge in [0.25, 0.3) is 0 Å². The van der Waals surface area contributed by atoms with E-state index in [9.17, 15) is 4.79 Å². The molecule has 0 aliphatic rings. The van der Waals surface area contributed by atoms with Crippen LogP contribution in [0.3, 0.4) is 0 Å². The van der Waals surface area contributed by atoms with E-state index in [0.717, 1.165) is 6.42 Å². The quantitative estimate of drug-likeness (QED) is 0.811. The van der Waals surface area contributed by atoms with Gasteiger partial charge in [-0.3, -0.25) is 0 Å². The van der Waals surface area contributed by atoms with E-state index in [1.54, 1.807) is 12.1 Å². The van der Waals surface area contributed by atoms with Gasteiger partial charge in [-0.15, -0.1) is 0 Å². The molecular formula is C14H17ClO4. The zero-order valence-electron chi connectivity index (χ0n) is 11.2. The van der Waals surface area contributed by atoms with Crippen molar-refractivity contribution in [3.05, 3.63) is 28.8 Å². The number of hydrogen-bond donors (Lipinski definition) is 1. The summed E-state index contributed by atoms with van der Waals surface area (Å²) >= 11 is 6.08. The van der Waals surface area contributed by atoms with Crippen LogP contribution in [0.4, 0.5) is 0 Å². The first-order chi connectivity index (χ1) is 9.03. The number of hydrogen-bond acceptors (Lipinski definition) is 3. The molecule has 1 rings (SSSR count). The fourth-order valence-electron chi connectivity index (χ4n) is 1.81. The van der Waals surface area contributed by atoms with Gasteiger partial charge in [-0.25, -0.2) is 4.79 Å². The first-order valence-electron chi connectivity index (χ1n) is 5.88. The van der Waals surface area contributed by atoms with Gasteiger partial charge in [-0.05, 0) is 18.1 Å². The molecule has 19 heavy (non-hydrogen) atoms. The smallest absolute Gasteiger partial charge is 0.328 e. The van der Waals surface area contributed by atoms with E-state index in [-0.39, 0.29) is 0 Å². The number of carboxylic acids is 1. The minimum atomic E-state index is -0.988. The highest BCUT2D eigenvalue weighted by Crippen LogP contribution is 2.37. The van der Waals surface area contributed by atoms with Crippen molar-refractivity contribution in [1.82, 2.24) is 0 Å². The number of ether oxygens (including phenoxy) is 2. The third-order valence-corrected chi connectivity index (χ3v) is 2.93. The summed E-state index contributed by atoms with van der Waals surface area (Å²) in [5.74, 6) is 0.0492. The van der Waals surface area contributed by atoms with Crippen LogP contribution < -0.4 is 9.47 Å². The minimum Gasteiger partial charge on any atom is -0.496 e. The van der Waals surface area contributed by atoms with Crippen molar-refractivity contribution in [3.8, 4) is 11.5 Å². The molecule has 1 aromatic carbocycles. The summed E-state index contributed by atoms with van der Waals surface area (Å²) in [7, 11) is 3.04. The molecule has 0 amide bonds. The van der Waals surface area contributed by atoms with Crippen LogP contribution in [0.5, 0.6) is 11.5 Å². The molecule has 4 nitrogen and oxygen atoms in total. The molecule has 0 unspecified atom stereocenters. The molecule has 0 bridgehead atoms. The van der Waals surface area contributed by atoms with E-state index in [1.807, 2.05) is 6.92 Å². The van der Waals surface area contributed by atoms with E-state index in [1.165, 1.54) is 20.3 Å². The van der Waals surface area contributed by atoms with E-state index in [4.69, 9.17) is 26.2 Å². The highest BCUT2D eigenvalue weighted by atomic mass is 35.5. The third kappa shape index (κ3) is 3.89. The summed E-state index contributed by atoms with van der Waals surface area (Å²) in [6.45, 7) is 1.98. The van der Waals surface area contributed by atoms with Gasteiger partial charge < -0.3 is 14.6 Å². The van der Waals surface area contributed by atoms with E-state index >= 15 is 0 Å². The third-order valence-electron chi connectivity index (χ3n) is 2.64. The van der Waals surface area contributed by atoms with Gasteiger partial charge in [0.2, 0.25) is 0 Å². The number of benzene rings is 1. The Kier molecular flexibility index (Phi) is 5.70. The fourth-order valence-corrected chi connectivity index (χ4v) is 2.05. The number of allylic oxidation sites excluding steroid dienone is 1. The summed E-state index contributed by atoms with van der Waals surface area (Å²) in [6, 6.07) is 3.33. The Morgan fingerprint density at radius 1 is 1.32 bits per heavy atom. The maximum atomic E-state index is 10.9. The maximum Gasteiger partial charge on any atom is 0.328 e. The standard InChI is InChI=1S/C14H17ClO4/c1-4-5-9(6-14(16)17)10-7-11(15)13(19-3)8-12(10)18-2/h6-8H,4-5H2,1-3H3,(H,16,17)/b9-6+. The van der Waals surface area contributed by atoms with Crippen molar-refractivity contribution in [2.45, 2.75) is 19.8 Å². The molecule has 0 saturated heterocycles. The SMILES string of the molecule is CCC/C(=C\C(=O)O)c1cc(Cl)c(OC)cc1OC. The van der Waals surface area contributed by atoms with E-state index in [0.29, 0.717) is 34.1 Å². The highest BCUT2D eigenvalue weighted by molar-refractivity contribution is 6.32. The van der Waals surface area contributed by atoms with Gasteiger partial charge in [0, 0.05) is 17.7 Å². The number of carbonyl (C=O) groups is 1. The second-order valence-corrected chi connectivity index (χ2v) is 4.35. The summed E-state index contributed by atoms with van der Waals surface area (Å²) in [4.78, 5) is 10.9. The Labute approximate surface area is 117 Å². The van der Waals surface area contributed by atoms with Gasteiger partial charge in [0.15, 0.2) is 0 Å². The summed E-state index contributed by atoms with van der Waals surface area (Å²) in [5.41, 5.74) is 1.36. The number of rotatable bonds is 6. The highest BCUT2D eigenvalue weighted by Gasteiger charge is 2.14. The predicted octanol–water partition coefficient (Wildman–Crippen LogP) is 3.63. The Bertz CT molecular complexity index is 494. The Hall–Kier alpha value is -1.68. The number of aliphatic carboxylic acids is 1. The Morgan fingerprint density at radius 3 is 2.42 bits per heavy atom. The zero-order valence-corrected chi connectivity index (χ0v) is 12.0. The molecule has 0 aliphatic carbocycles. The molecule has 1 aromatic rings. The predicted molar refractivity (Wildman–Crippen MR) is 75.1 cm³/mol. The normalized spacial score (nSPS) is 11.3. The van der Waals surface area contributed by atoms with Gasteiger partial charge in [-0.2, -0.15) is 0 Å². The topological polar surface area (TPSA) is 55.8 Å². The van der Waals surface area contributed by atoms with Crippen LogP contribution in [0, 0.1) is 0 Å². The summed E-state index contributed by atoms with van der Waals surface area (Å²) in [6.07, 6.45) is 2.64. The lowest BCUT2D eigenvalue weighted by Gasteiger charge is -2.14. The molecule has 0 aromatic heterocycles. The largest absolute Gasteiger partial charge is 0.496 e.